The smallest absolute Gasteiger partial charge is 0.124 e. The summed E-state index contributed by atoms with van der Waals surface area (Å²) in [5, 5.41) is 13.0. The van der Waals surface area contributed by atoms with Crippen LogP contribution >= 0.6 is 11.9 Å². The summed E-state index contributed by atoms with van der Waals surface area (Å²) in [5.74, 6) is 0.475. The molecule has 228 valence electrons. The molecule has 3 atom stereocenters. The van der Waals surface area contributed by atoms with Crippen LogP contribution in [0.5, 0.6) is 0 Å². The normalized spacial score (nSPS) is 24.2. The molecule has 0 saturated carbocycles. The molecule has 4 nitrogen and oxygen atoms in total. The molecule has 4 aliphatic rings. The van der Waals surface area contributed by atoms with Crippen molar-refractivity contribution in [2.24, 2.45) is 5.92 Å². The van der Waals surface area contributed by atoms with Gasteiger partial charge in [0.05, 0.1) is 12.1 Å². The van der Waals surface area contributed by atoms with Gasteiger partial charge in [-0.1, -0.05) is 97.7 Å². The Balaban J connectivity index is 1.38. The average Bonchev–Trinajstić information content (AvgIpc) is 3.21. The van der Waals surface area contributed by atoms with Gasteiger partial charge in [0.25, 0.3) is 0 Å². The lowest BCUT2D eigenvalue weighted by Crippen LogP contribution is -2.49. The third-order valence-electron chi connectivity index (χ3n) is 8.34. The first kappa shape index (κ1) is 33.0. The Labute approximate surface area is 264 Å². The van der Waals surface area contributed by atoms with Crippen molar-refractivity contribution in [1.82, 2.24) is 9.62 Å². The number of methoxy groups -OCH3 is 1. The van der Waals surface area contributed by atoms with Crippen molar-refractivity contribution < 1.29 is 4.74 Å². The first-order valence-electron chi connectivity index (χ1n) is 16.0. The number of nitriles is 1. The van der Waals surface area contributed by atoms with Crippen molar-refractivity contribution in [3.63, 3.8) is 0 Å². The standard InChI is InChI=1S/C38H49N3OS/c1-5-6-13-32(20-18-31-14-11-15-33(27-39)21-19-31)23-30(3)28-40-38(42-4)37-17-8-7-9-22-41(37)43-36-25-34-16-10-12-29(2)24-35(34)26-36/h5-6,10,12-16,19,21,23-24,26,29,37-38,40H,7-9,11,17-18,20,22,25,28H2,1-4H3/b6-5-,30-23+,32-13-. The molecule has 0 radical (unpaired) electrons. The van der Waals surface area contributed by atoms with E-state index in [0.717, 1.165) is 50.8 Å². The molecule has 0 aromatic carbocycles. The van der Waals surface area contributed by atoms with Crippen LogP contribution in [-0.2, 0) is 4.74 Å². The summed E-state index contributed by atoms with van der Waals surface area (Å²) in [5.41, 5.74) is 7.46. The second-order valence-electron chi connectivity index (χ2n) is 11.9. The van der Waals surface area contributed by atoms with Gasteiger partial charge in [-0.25, -0.2) is 4.31 Å². The summed E-state index contributed by atoms with van der Waals surface area (Å²) >= 11 is 1.95. The summed E-state index contributed by atoms with van der Waals surface area (Å²) in [6.07, 6.45) is 37.2. The van der Waals surface area contributed by atoms with Crippen LogP contribution in [0.25, 0.3) is 0 Å². The van der Waals surface area contributed by atoms with Gasteiger partial charge in [-0.15, -0.1) is 0 Å². The zero-order valence-electron chi connectivity index (χ0n) is 26.5. The van der Waals surface area contributed by atoms with Gasteiger partial charge in [0.2, 0.25) is 0 Å². The lowest BCUT2D eigenvalue weighted by atomic mass is 10.0. The van der Waals surface area contributed by atoms with Crippen molar-refractivity contribution in [2.45, 2.75) is 84.4 Å². The molecule has 0 spiro atoms. The van der Waals surface area contributed by atoms with Gasteiger partial charge in [-0.2, -0.15) is 5.26 Å². The number of allylic oxidation sites excluding steroid dienone is 19. The van der Waals surface area contributed by atoms with Crippen LogP contribution in [0.15, 0.2) is 117 Å². The van der Waals surface area contributed by atoms with E-state index in [-0.39, 0.29) is 6.23 Å². The first-order valence-corrected chi connectivity index (χ1v) is 16.7. The second kappa shape index (κ2) is 17.4. The van der Waals surface area contributed by atoms with E-state index in [1.807, 2.05) is 31.2 Å². The first-order chi connectivity index (χ1) is 21.0. The highest BCUT2D eigenvalue weighted by molar-refractivity contribution is 8.00. The predicted molar refractivity (Wildman–Crippen MR) is 184 cm³/mol. The van der Waals surface area contributed by atoms with Crippen LogP contribution in [0, 0.1) is 17.2 Å². The molecule has 1 fully saturated rings. The van der Waals surface area contributed by atoms with Crippen LogP contribution in [0.4, 0.5) is 0 Å². The molecule has 1 N–H and O–H groups in total. The fourth-order valence-electron chi connectivity index (χ4n) is 5.99. The second-order valence-corrected chi connectivity index (χ2v) is 13.1. The van der Waals surface area contributed by atoms with Gasteiger partial charge in [-0.05, 0) is 92.7 Å². The van der Waals surface area contributed by atoms with Crippen molar-refractivity contribution in [2.75, 3.05) is 20.2 Å². The third kappa shape index (κ3) is 10.4. The van der Waals surface area contributed by atoms with Crippen molar-refractivity contribution >= 4 is 11.9 Å². The number of fused-ring (bicyclic) bond motifs is 1. The third-order valence-corrected chi connectivity index (χ3v) is 9.52. The Bertz CT molecular complexity index is 1330. The van der Waals surface area contributed by atoms with E-state index in [4.69, 9.17) is 4.74 Å². The SMILES string of the molecule is C\C=C/C=C(\C=C(/C)CNC(OC)C1CCCCCN1SC1=CC2=CC(C)C=CC=C2C1)CCC1=CCC=C(C#N)C=C1. The Kier molecular flexibility index (Phi) is 13.4. The van der Waals surface area contributed by atoms with Gasteiger partial charge >= 0.3 is 0 Å². The molecular formula is C38H49N3OS. The molecule has 43 heavy (non-hydrogen) atoms. The Hall–Kier alpha value is -2.88. The molecule has 0 amide bonds. The quantitative estimate of drug-likeness (QED) is 0.138. The number of ether oxygens (including phenoxy) is 1. The minimum Gasteiger partial charge on any atom is -0.365 e. The van der Waals surface area contributed by atoms with E-state index in [2.05, 4.69) is 103 Å². The topological polar surface area (TPSA) is 48.3 Å². The minimum atomic E-state index is -0.0334. The summed E-state index contributed by atoms with van der Waals surface area (Å²) in [4.78, 5) is 1.44. The molecule has 3 unspecified atom stereocenters. The molecule has 3 aliphatic carbocycles. The summed E-state index contributed by atoms with van der Waals surface area (Å²) in [6, 6.07) is 2.57. The van der Waals surface area contributed by atoms with Crippen molar-refractivity contribution in [3.05, 3.63) is 117 Å². The minimum absolute atomic E-state index is 0.0334. The Morgan fingerprint density at radius 3 is 2.95 bits per heavy atom. The van der Waals surface area contributed by atoms with Crippen molar-refractivity contribution in [1.29, 1.82) is 5.26 Å². The average molecular weight is 596 g/mol. The summed E-state index contributed by atoms with van der Waals surface area (Å²) in [7, 11) is 1.85. The monoisotopic (exact) mass is 595 g/mol. The molecule has 5 heteroatoms. The number of hydrogen-bond acceptors (Lipinski definition) is 5. The van der Waals surface area contributed by atoms with Gasteiger partial charge in [0, 0.05) is 37.1 Å². The molecule has 1 saturated heterocycles. The van der Waals surface area contributed by atoms with Crippen LogP contribution in [0.2, 0.25) is 0 Å². The van der Waals surface area contributed by atoms with E-state index in [9.17, 15) is 5.26 Å². The van der Waals surface area contributed by atoms with E-state index >= 15 is 0 Å². The Morgan fingerprint density at radius 1 is 1.26 bits per heavy atom. The fourth-order valence-corrected chi connectivity index (χ4v) is 7.26. The molecule has 0 aromatic rings. The maximum absolute atomic E-state index is 9.21. The summed E-state index contributed by atoms with van der Waals surface area (Å²) in [6.45, 7) is 8.39. The molecule has 1 aliphatic heterocycles. The van der Waals surface area contributed by atoms with Gasteiger partial charge in [0.1, 0.15) is 6.23 Å². The zero-order valence-corrected chi connectivity index (χ0v) is 27.3. The zero-order chi connectivity index (χ0) is 30.4. The van der Waals surface area contributed by atoms with Crippen LogP contribution in [0.1, 0.15) is 72.1 Å². The predicted octanol–water partition coefficient (Wildman–Crippen LogP) is 9.35. The van der Waals surface area contributed by atoms with Gasteiger partial charge < -0.3 is 4.74 Å². The fraction of sp³-hybridized carbons (Fsp3) is 0.447. The van der Waals surface area contributed by atoms with Gasteiger partial charge in [-0.3, -0.25) is 5.32 Å². The van der Waals surface area contributed by atoms with E-state index < -0.39 is 0 Å². The van der Waals surface area contributed by atoms with Crippen LogP contribution in [-0.4, -0.2) is 36.8 Å². The number of nitrogens with zero attached hydrogens (tertiary/aromatic N) is 2. The van der Waals surface area contributed by atoms with Gasteiger partial charge in [0.15, 0.2) is 0 Å². The van der Waals surface area contributed by atoms with Crippen LogP contribution < -0.4 is 5.32 Å². The number of hydrogen-bond donors (Lipinski definition) is 1. The highest BCUT2D eigenvalue weighted by Gasteiger charge is 2.31. The van der Waals surface area contributed by atoms with Crippen molar-refractivity contribution in [3.8, 4) is 6.07 Å². The molecular weight excluding hydrogens is 547 g/mol. The molecule has 1 heterocycles. The van der Waals surface area contributed by atoms with E-state index in [0.29, 0.717) is 12.0 Å². The van der Waals surface area contributed by atoms with Crippen LogP contribution in [0.3, 0.4) is 0 Å². The molecule has 0 aromatic heterocycles. The Morgan fingerprint density at radius 2 is 2.14 bits per heavy atom. The highest BCUT2D eigenvalue weighted by atomic mass is 32.2. The van der Waals surface area contributed by atoms with E-state index in [1.54, 1.807) is 0 Å². The highest BCUT2D eigenvalue weighted by Crippen LogP contribution is 2.41. The number of nitrogens with one attached hydrogen (secondary N) is 1. The molecule has 4 rings (SSSR count). The largest absolute Gasteiger partial charge is 0.365 e. The lowest BCUT2D eigenvalue weighted by molar-refractivity contribution is 0.0219. The lowest BCUT2D eigenvalue weighted by Gasteiger charge is -2.35. The van der Waals surface area contributed by atoms with E-state index in [1.165, 1.54) is 52.0 Å². The molecule has 0 bridgehead atoms. The summed E-state index contributed by atoms with van der Waals surface area (Å²) < 4.78 is 8.73. The number of rotatable bonds is 12. The maximum atomic E-state index is 9.21. The maximum Gasteiger partial charge on any atom is 0.124 e.